The summed E-state index contributed by atoms with van der Waals surface area (Å²) in [5.74, 6) is -0.294. The summed E-state index contributed by atoms with van der Waals surface area (Å²) in [5.41, 5.74) is 0.300. The number of H-pyrrole nitrogens is 1. The standard InChI is InChI=1S/C19H19ClN4O3/c1-3-8-24-16-14(17(25)22-19(24)27)9-13(10-21-16)18(26)23(2)11-12-6-4-5-7-15(12)20/h4-7,9-10H,3,8,11H2,1-2H3,(H,22,25,27). The van der Waals surface area contributed by atoms with Crippen molar-refractivity contribution in [1.82, 2.24) is 19.4 Å². The highest BCUT2D eigenvalue weighted by Gasteiger charge is 2.16. The topological polar surface area (TPSA) is 88.1 Å². The summed E-state index contributed by atoms with van der Waals surface area (Å²) in [7, 11) is 1.65. The number of hydrogen-bond acceptors (Lipinski definition) is 4. The minimum atomic E-state index is -0.557. The molecule has 27 heavy (non-hydrogen) atoms. The zero-order chi connectivity index (χ0) is 19.6. The minimum Gasteiger partial charge on any atom is -0.337 e. The van der Waals surface area contributed by atoms with Gasteiger partial charge in [0.05, 0.1) is 10.9 Å². The second-order valence-corrected chi connectivity index (χ2v) is 6.67. The van der Waals surface area contributed by atoms with Gasteiger partial charge in [-0.3, -0.25) is 19.1 Å². The number of aromatic nitrogens is 3. The molecule has 0 bridgehead atoms. The highest BCUT2D eigenvalue weighted by Crippen LogP contribution is 2.18. The lowest BCUT2D eigenvalue weighted by Gasteiger charge is -2.18. The number of amides is 1. The van der Waals surface area contributed by atoms with E-state index in [0.29, 0.717) is 24.5 Å². The minimum absolute atomic E-state index is 0.208. The quantitative estimate of drug-likeness (QED) is 0.729. The molecule has 8 heteroatoms. The van der Waals surface area contributed by atoms with Crippen molar-refractivity contribution in [2.45, 2.75) is 26.4 Å². The summed E-state index contributed by atoms with van der Waals surface area (Å²) < 4.78 is 1.40. The smallest absolute Gasteiger partial charge is 0.329 e. The number of carbonyl (C=O) groups excluding carboxylic acids is 1. The molecule has 3 rings (SSSR count). The van der Waals surface area contributed by atoms with Crippen LogP contribution in [0.25, 0.3) is 11.0 Å². The van der Waals surface area contributed by atoms with Crippen molar-refractivity contribution < 1.29 is 4.79 Å². The number of carbonyl (C=O) groups is 1. The lowest BCUT2D eigenvalue weighted by molar-refractivity contribution is 0.0785. The van der Waals surface area contributed by atoms with Gasteiger partial charge in [-0.2, -0.15) is 0 Å². The zero-order valence-electron chi connectivity index (χ0n) is 15.0. The second-order valence-electron chi connectivity index (χ2n) is 6.26. The van der Waals surface area contributed by atoms with E-state index >= 15 is 0 Å². The molecule has 0 aliphatic rings. The van der Waals surface area contributed by atoms with E-state index in [2.05, 4.69) is 9.97 Å². The molecule has 3 aromatic rings. The first-order chi connectivity index (χ1) is 12.9. The molecular weight excluding hydrogens is 368 g/mol. The van der Waals surface area contributed by atoms with Crippen LogP contribution in [0, 0.1) is 0 Å². The van der Waals surface area contributed by atoms with Gasteiger partial charge in [0.25, 0.3) is 11.5 Å². The third-order valence-corrected chi connectivity index (χ3v) is 4.61. The number of aryl methyl sites for hydroxylation is 1. The van der Waals surface area contributed by atoms with E-state index in [0.717, 1.165) is 5.56 Å². The summed E-state index contributed by atoms with van der Waals surface area (Å²) in [4.78, 5) is 44.9. The number of halogens is 1. The summed E-state index contributed by atoms with van der Waals surface area (Å²) in [6.07, 6.45) is 2.10. The van der Waals surface area contributed by atoms with E-state index < -0.39 is 11.2 Å². The van der Waals surface area contributed by atoms with Gasteiger partial charge in [0.15, 0.2) is 0 Å². The highest BCUT2D eigenvalue weighted by molar-refractivity contribution is 6.31. The highest BCUT2D eigenvalue weighted by atomic mass is 35.5. The Morgan fingerprint density at radius 3 is 2.74 bits per heavy atom. The molecule has 0 radical (unpaired) electrons. The lowest BCUT2D eigenvalue weighted by atomic mass is 10.1. The monoisotopic (exact) mass is 386 g/mol. The molecule has 0 atom stereocenters. The number of nitrogens with zero attached hydrogens (tertiary/aromatic N) is 3. The number of hydrogen-bond donors (Lipinski definition) is 1. The number of rotatable bonds is 5. The van der Waals surface area contributed by atoms with Crippen LogP contribution in [0.2, 0.25) is 5.02 Å². The molecular formula is C19H19ClN4O3. The SMILES string of the molecule is CCCn1c(=O)[nH]c(=O)c2cc(C(=O)N(C)Cc3ccccc3Cl)cnc21. The van der Waals surface area contributed by atoms with Gasteiger partial charge < -0.3 is 4.90 Å². The van der Waals surface area contributed by atoms with Gasteiger partial charge in [-0.05, 0) is 24.1 Å². The number of benzene rings is 1. The average molecular weight is 387 g/mol. The van der Waals surface area contributed by atoms with Gasteiger partial charge in [-0.25, -0.2) is 9.78 Å². The Kier molecular flexibility index (Phi) is 5.41. The predicted molar refractivity (Wildman–Crippen MR) is 104 cm³/mol. The summed E-state index contributed by atoms with van der Waals surface area (Å²) in [5, 5.41) is 0.786. The van der Waals surface area contributed by atoms with Crippen molar-refractivity contribution in [3.05, 3.63) is 73.5 Å². The van der Waals surface area contributed by atoms with E-state index in [-0.39, 0.29) is 22.5 Å². The maximum Gasteiger partial charge on any atom is 0.329 e. The third kappa shape index (κ3) is 3.78. The third-order valence-electron chi connectivity index (χ3n) is 4.24. The molecule has 0 aliphatic carbocycles. The number of nitrogens with one attached hydrogen (secondary N) is 1. The van der Waals surface area contributed by atoms with Crippen molar-refractivity contribution in [3.8, 4) is 0 Å². The van der Waals surface area contributed by atoms with Crippen molar-refractivity contribution in [2.75, 3.05) is 7.05 Å². The lowest BCUT2D eigenvalue weighted by Crippen LogP contribution is -2.31. The van der Waals surface area contributed by atoms with Gasteiger partial charge in [0.1, 0.15) is 5.65 Å². The van der Waals surface area contributed by atoms with Crippen LogP contribution in [0.5, 0.6) is 0 Å². The van der Waals surface area contributed by atoms with Crippen molar-refractivity contribution >= 4 is 28.5 Å². The number of fused-ring (bicyclic) bond motifs is 1. The molecule has 140 valence electrons. The maximum atomic E-state index is 12.8. The molecule has 0 aliphatic heterocycles. The van der Waals surface area contributed by atoms with Crippen LogP contribution in [0.1, 0.15) is 29.3 Å². The Labute approximate surface area is 160 Å². The first-order valence-electron chi connectivity index (χ1n) is 8.54. The largest absolute Gasteiger partial charge is 0.337 e. The molecule has 0 saturated carbocycles. The van der Waals surface area contributed by atoms with Crippen LogP contribution < -0.4 is 11.2 Å². The van der Waals surface area contributed by atoms with Crippen LogP contribution in [0.3, 0.4) is 0 Å². The van der Waals surface area contributed by atoms with E-state index in [9.17, 15) is 14.4 Å². The molecule has 1 amide bonds. The fourth-order valence-electron chi connectivity index (χ4n) is 2.89. The average Bonchev–Trinajstić information content (AvgIpc) is 2.66. The predicted octanol–water partition coefficient (Wildman–Crippen LogP) is 2.42. The van der Waals surface area contributed by atoms with Crippen LogP contribution in [-0.2, 0) is 13.1 Å². The molecule has 7 nitrogen and oxygen atoms in total. The Morgan fingerprint density at radius 2 is 2.04 bits per heavy atom. The van der Waals surface area contributed by atoms with E-state index in [1.54, 1.807) is 13.1 Å². The van der Waals surface area contributed by atoms with Crippen molar-refractivity contribution in [3.63, 3.8) is 0 Å². The van der Waals surface area contributed by atoms with Crippen LogP contribution in [0.15, 0.2) is 46.1 Å². The molecule has 0 fully saturated rings. The molecule has 1 aromatic carbocycles. The zero-order valence-corrected chi connectivity index (χ0v) is 15.8. The van der Waals surface area contributed by atoms with E-state index in [1.807, 2.05) is 25.1 Å². The molecule has 2 heterocycles. The summed E-state index contributed by atoms with van der Waals surface area (Å²) >= 11 is 6.15. The molecule has 2 aromatic heterocycles. The van der Waals surface area contributed by atoms with Crippen LogP contribution in [-0.4, -0.2) is 32.4 Å². The summed E-state index contributed by atoms with van der Waals surface area (Å²) in [6.45, 7) is 2.67. The number of pyridine rings is 1. The van der Waals surface area contributed by atoms with E-state index in [4.69, 9.17) is 11.6 Å². The van der Waals surface area contributed by atoms with Gasteiger partial charge in [-0.1, -0.05) is 36.7 Å². The second kappa shape index (κ2) is 7.75. The first kappa shape index (κ1) is 18.8. The number of aromatic amines is 1. The van der Waals surface area contributed by atoms with Gasteiger partial charge in [-0.15, -0.1) is 0 Å². The molecule has 1 N–H and O–H groups in total. The molecule has 0 saturated heterocycles. The Balaban J connectivity index is 1.97. The summed E-state index contributed by atoms with van der Waals surface area (Å²) in [6, 6.07) is 8.75. The van der Waals surface area contributed by atoms with Crippen molar-refractivity contribution in [2.24, 2.45) is 0 Å². The van der Waals surface area contributed by atoms with Crippen LogP contribution in [0.4, 0.5) is 0 Å². The Hall–Kier alpha value is -2.93. The maximum absolute atomic E-state index is 12.8. The molecule has 0 spiro atoms. The van der Waals surface area contributed by atoms with Crippen molar-refractivity contribution in [1.29, 1.82) is 0 Å². The van der Waals surface area contributed by atoms with Gasteiger partial charge in [0.2, 0.25) is 0 Å². The fraction of sp³-hybridized carbons (Fsp3) is 0.263. The normalized spacial score (nSPS) is 10.9. The Bertz CT molecular complexity index is 1120. The van der Waals surface area contributed by atoms with Gasteiger partial charge >= 0.3 is 5.69 Å². The molecule has 0 unspecified atom stereocenters. The fourth-order valence-corrected chi connectivity index (χ4v) is 3.09. The van der Waals surface area contributed by atoms with E-state index in [1.165, 1.54) is 21.7 Å². The first-order valence-corrected chi connectivity index (χ1v) is 8.92. The Morgan fingerprint density at radius 1 is 1.30 bits per heavy atom. The van der Waals surface area contributed by atoms with Gasteiger partial charge in [0, 0.05) is 31.4 Å². The van der Waals surface area contributed by atoms with Crippen LogP contribution >= 0.6 is 11.6 Å².